The molecule has 2 aromatic carbocycles. The van der Waals surface area contributed by atoms with Crippen LogP contribution in [0.1, 0.15) is 46.4 Å². The Morgan fingerprint density at radius 1 is 1.03 bits per heavy atom. The molecule has 0 aromatic heterocycles. The highest BCUT2D eigenvalue weighted by molar-refractivity contribution is 5.99. The van der Waals surface area contributed by atoms with Crippen molar-refractivity contribution in [3.8, 4) is 5.75 Å². The lowest BCUT2D eigenvalue weighted by Crippen LogP contribution is -2.60. The Hall–Kier alpha value is -3.46. The molecule has 0 bridgehead atoms. The van der Waals surface area contributed by atoms with Crippen molar-refractivity contribution in [2.75, 3.05) is 26.8 Å². The first kappa shape index (κ1) is 23.3. The monoisotopic (exact) mass is 481 g/mol. The lowest BCUT2D eigenvalue weighted by molar-refractivity contribution is -0.128. The summed E-state index contributed by atoms with van der Waals surface area (Å²) in [6.07, 6.45) is 2.61. The zero-order valence-electron chi connectivity index (χ0n) is 19.5. The van der Waals surface area contributed by atoms with Gasteiger partial charge in [-0.3, -0.25) is 19.3 Å². The van der Waals surface area contributed by atoms with Gasteiger partial charge in [0.05, 0.1) is 13.7 Å². The molecule has 8 nitrogen and oxygen atoms in total. The molecule has 1 atom stereocenters. The maximum absolute atomic E-state index is 13.8. The van der Waals surface area contributed by atoms with Gasteiger partial charge in [-0.15, -0.1) is 0 Å². The van der Waals surface area contributed by atoms with Gasteiger partial charge in [-0.2, -0.15) is 0 Å². The van der Waals surface area contributed by atoms with Gasteiger partial charge in [-0.25, -0.2) is 4.39 Å². The summed E-state index contributed by atoms with van der Waals surface area (Å²) in [6.45, 7) is 0.782. The molecule has 1 unspecified atom stereocenters. The highest BCUT2D eigenvalue weighted by atomic mass is 19.1. The standard InChI is InChI=1S/C26H28FN3O5/c1-34-21-4-2-3-18(15-21)25(33)30-22(23(31)28-20-9-10-20)16-35-26(30)11-13-29(14-12-26)24(32)17-5-7-19(27)8-6-17/h2-8,15,20,22H,9-14,16H2,1H3,(H,28,31). The summed E-state index contributed by atoms with van der Waals surface area (Å²) in [6, 6.07) is 11.7. The highest BCUT2D eigenvalue weighted by Gasteiger charge is 2.54. The largest absolute Gasteiger partial charge is 0.497 e. The molecule has 2 aromatic rings. The minimum atomic E-state index is -0.995. The number of carbonyl (C=O) groups excluding carboxylic acids is 3. The van der Waals surface area contributed by atoms with Crippen molar-refractivity contribution in [1.29, 1.82) is 0 Å². The third-order valence-corrected chi connectivity index (χ3v) is 6.95. The molecule has 5 rings (SSSR count). The summed E-state index contributed by atoms with van der Waals surface area (Å²) in [5, 5.41) is 3.00. The van der Waals surface area contributed by atoms with Gasteiger partial charge < -0.3 is 19.7 Å². The molecule has 1 N–H and O–H groups in total. The number of hydrogen-bond donors (Lipinski definition) is 1. The Balaban J connectivity index is 1.38. The third kappa shape index (κ3) is 4.60. The number of likely N-dealkylation sites (tertiary alicyclic amines) is 1. The van der Waals surface area contributed by atoms with E-state index in [1.54, 1.807) is 34.1 Å². The minimum Gasteiger partial charge on any atom is -0.497 e. The van der Waals surface area contributed by atoms with Gasteiger partial charge in [0.25, 0.3) is 11.8 Å². The molecule has 3 fully saturated rings. The van der Waals surface area contributed by atoms with Gasteiger partial charge in [-0.1, -0.05) is 6.07 Å². The Morgan fingerprint density at radius 3 is 2.40 bits per heavy atom. The fourth-order valence-corrected chi connectivity index (χ4v) is 4.82. The van der Waals surface area contributed by atoms with Gasteiger partial charge in [0.15, 0.2) is 0 Å². The van der Waals surface area contributed by atoms with Gasteiger partial charge in [0.2, 0.25) is 5.91 Å². The van der Waals surface area contributed by atoms with Crippen LogP contribution in [0.4, 0.5) is 4.39 Å². The van der Waals surface area contributed by atoms with Gasteiger partial charge >= 0.3 is 0 Å². The lowest BCUT2D eigenvalue weighted by atomic mass is 9.96. The topological polar surface area (TPSA) is 88.2 Å². The number of ether oxygens (including phenoxy) is 2. The van der Waals surface area contributed by atoms with E-state index in [1.807, 2.05) is 0 Å². The molecule has 2 saturated heterocycles. The van der Waals surface area contributed by atoms with E-state index in [-0.39, 0.29) is 30.4 Å². The number of halogens is 1. The maximum atomic E-state index is 13.8. The Bertz CT molecular complexity index is 1130. The summed E-state index contributed by atoms with van der Waals surface area (Å²) < 4.78 is 24.7. The zero-order chi connectivity index (χ0) is 24.6. The third-order valence-electron chi connectivity index (χ3n) is 6.95. The van der Waals surface area contributed by atoms with E-state index in [9.17, 15) is 18.8 Å². The fourth-order valence-electron chi connectivity index (χ4n) is 4.82. The molecule has 3 aliphatic rings. The van der Waals surface area contributed by atoms with Crippen LogP contribution in [0.2, 0.25) is 0 Å². The van der Waals surface area contributed by atoms with Crippen molar-refractivity contribution in [1.82, 2.24) is 15.1 Å². The number of rotatable bonds is 5. The average Bonchev–Trinajstić information content (AvgIpc) is 3.63. The molecule has 184 valence electrons. The number of nitrogens with zero attached hydrogens (tertiary/aromatic N) is 2. The quantitative estimate of drug-likeness (QED) is 0.709. The number of hydrogen-bond acceptors (Lipinski definition) is 5. The second-order valence-corrected chi connectivity index (χ2v) is 9.26. The van der Waals surface area contributed by atoms with Gasteiger partial charge in [0.1, 0.15) is 23.3 Å². The maximum Gasteiger partial charge on any atom is 0.257 e. The van der Waals surface area contributed by atoms with Crippen LogP contribution in [0.5, 0.6) is 5.75 Å². The zero-order valence-corrected chi connectivity index (χ0v) is 19.5. The van der Waals surface area contributed by atoms with Crippen LogP contribution in [-0.4, -0.2) is 72.1 Å². The first-order valence-corrected chi connectivity index (χ1v) is 11.9. The van der Waals surface area contributed by atoms with Crippen LogP contribution in [-0.2, 0) is 9.53 Å². The average molecular weight is 482 g/mol. The predicted molar refractivity (Wildman–Crippen MR) is 124 cm³/mol. The summed E-state index contributed by atoms with van der Waals surface area (Å²) in [7, 11) is 1.53. The molecule has 1 aliphatic carbocycles. The first-order valence-electron chi connectivity index (χ1n) is 11.9. The molecular weight excluding hydrogens is 453 g/mol. The highest BCUT2D eigenvalue weighted by Crippen LogP contribution is 2.39. The van der Waals surface area contributed by atoms with E-state index in [2.05, 4.69) is 5.32 Å². The Labute approximate surface area is 203 Å². The smallest absolute Gasteiger partial charge is 0.257 e. The summed E-state index contributed by atoms with van der Waals surface area (Å²) in [5.41, 5.74) is -0.186. The van der Waals surface area contributed by atoms with Crippen molar-refractivity contribution in [3.05, 3.63) is 65.5 Å². The normalized spacial score (nSPS) is 21.1. The summed E-state index contributed by atoms with van der Waals surface area (Å²) in [4.78, 5) is 43.0. The number of carbonyl (C=O) groups is 3. The van der Waals surface area contributed by atoms with Crippen LogP contribution in [0.15, 0.2) is 48.5 Å². The molecular formula is C26H28FN3O5. The predicted octanol–water partition coefficient (Wildman–Crippen LogP) is 2.59. The second kappa shape index (κ2) is 9.30. The summed E-state index contributed by atoms with van der Waals surface area (Å²) in [5.74, 6) is -0.586. The minimum absolute atomic E-state index is 0.0974. The lowest BCUT2D eigenvalue weighted by Gasteiger charge is -2.44. The van der Waals surface area contributed by atoms with E-state index in [4.69, 9.17) is 9.47 Å². The number of methoxy groups -OCH3 is 1. The van der Waals surface area contributed by atoms with Crippen LogP contribution in [0, 0.1) is 5.82 Å². The number of nitrogens with one attached hydrogen (secondary N) is 1. The molecule has 1 saturated carbocycles. The molecule has 35 heavy (non-hydrogen) atoms. The second-order valence-electron chi connectivity index (χ2n) is 9.26. The van der Waals surface area contributed by atoms with Crippen LogP contribution >= 0.6 is 0 Å². The van der Waals surface area contributed by atoms with E-state index in [0.717, 1.165) is 12.8 Å². The van der Waals surface area contributed by atoms with E-state index >= 15 is 0 Å². The number of amides is 3. The Morgan fingerprint density at radius 2 is 1.74 bits per heavy atom. The van der Waals surface area contributed by atoms with E-state index in [0.29, 0.717) is 42.8 Å². The Kier molecular flexibility index (Phi) is 6.19. The van der Waals surface area contributed by atoms with Crippen LogP contribution in [0.25, 0.3) is 0 Å². The van der Waals surface area contributed by atoms with Crippen molar-refractivity contribution in [2.45, 2.75) is 43.5 Å². The number of piperidine rings is 1. The molecule has 1 spiro atoms. The van der Waals surface area contributed by atoms with Crippen LogP contribution < -0.4 is 10.1 Å². The van der Waals surface area contributed by atoms with Crippen molar-refractivity contribution >= 4 is 17.7 Å². The van der Waals surface area contributed by atoms with Crippen LogP contribution in [0.3, 0.4) is 0 Å². The summed E-state index contributed by atoms with van der Waals surface area (Å²) >= 11 is 0. The van der Waals surface area contributed by atoms with Gasteiger partial charge in [-0.05, 0) is 55.3 Å². The van der Waals surface area contributed by atoms with Crippen molar-refractivity contribution in [2.24, 2.45) is 0 Å². The molecule has 2 aliphatic heterocycles. The molecule has 3 amide bonds. The van der Waals surface area contributed by atoms with E-state index in [1.165, 1.54) is 31.4 Å². The SMILES string of the molecule is COc1cccc(C(=O)N2C(C(=O)NC3CC3)COC23CCN(C(=O)c2ccc(F)cc2)CC3)c1. The fraction of sp³-hybridized carbons (Fsp3) is 0.423. The van der Waals surface area contributed by atoms with Gasteiger partial charge in [0, 0.05) is 43.1 Å². The molecule has 2 heterocycles. The molecule has 9 heteroatoms. The first-order chi connectivity index (χ1) is 16.9. The van der Waals surface area contributed by atoms with Crippen molar-refractivity contribution < 1.29 is 28.2 Å². The van der Waals surface area contributed by atoms with Crippen molar-refractivity contribution in [3.63, 3.8) is 0 Å². The van der Waals surface area contributed by atoms with E-state index < -0.39 is 17.6 Å². The molecule has 0 radical (unpaired) electrons. The number of benzene rings is 2.